The van der Waals surface area contributed by atoms with Crippen LogP contribution in [0.2, 0.25) is 0 Å². The molecule has 9 heteroatoms. The maximum Gasteiger partial charge on any atom is 0.269 e. The van der Waals surface area contributed by atoms with E-state index in [9.17, 15) is 19.5 Å². The van der Waals surface area contributed by atoms with Crippen molar-refractivity contribution in [2.75, 3.05) is 29.6 Å². The molecule has 0 saturated carbocycles. The summed E-state index contributed by atoms with van der Waals surface area (Å²) in [5, 5.41) is 9.66. The van der Waals surface area contributed by atoms with Crippen LogP contribution in [0.5, 0.6) is 5.75 Å². The molecule has 3 aliphatic rings. The van der Waals surface area contributed by atoms with Gasteiger partial charge in [-0.2, -0.15) is 0 Å². The SMILES string of the molecule is C[C@@H]1C[C@H](CC(=O)N(CCO)Cc2ccccc2)O[C@@]12C(=O)N(Cc1ccc(N3C(=O)COc4ccccc43)cc1)c1ccccc12. The van der Waals surface area contributed by atoms with Gasteiger partial charge in [0.2, 0.25) is 5.91 Å². The van der Waals surface area contributed by atoms with Crippen LogP contribution in [0, 0.1) is 5.92 Å². The molecule has 0 aliphatic carbocycles. The Morgan fingerprint density at radius 3 is 2.36 bits per heavy atom. The highest BCUT2D eigenvalue weighted by molar-refractivity contribution is 6.07. The van der Waals surface area contributed by atoms with E-state index in [0.29, 0.717) is 30.9 Å². The van der Waals surface area contributed by atoms with Crippen LogP contribution in [-0.2, 0) is 37.8 Å². The summed E-state index contributed by atoms with van der Waals surface area (Å²) in [5.74, 6) is 0.0908. The van der Waals surface area contributed by atoms with Crippen LogP contribution in [0.3, 0.4) is 0 Å². The zero-order valence-electron chi connectivity index (χ0n) is 26.2. The molecule has 0 bridgehead atoms. The number of hydrogen-bond acceptors (Lipinski definition) is 6. The van der Waals surface area contributed by atoms with Crippen molar-refractivity contribution < 1.29 is 29.0 Å². The summed E-state index contributed by atoms with van der Waals surface area (Å²) >= 11 is 0. The van der Waals surface area contributed by atoms with E-state index in [0.717, 1.165) is 28.1 Å². The molecule has 3 heterocycles. The fourth-order valence-corrected chi connectivity index (χ4v) is 7.17. The van der Waals surface area contributed by atoms with Crippen molar-refractivity contribution >= 4 is 34.8 Å². The number of fused-ring (bicyclic) bond motifs is 3. The Labute approximate surface area is 273 Å². The van der Waals surface area contributed by atoms with Gasteiger partial charge < -0.3 is 24.4 Å². The highest BCUT2D eigenvalue weighted by Crippen LogP contribution is 2.54. The fourth-order valence-electron chi connectivity index (χ4n) is 7.17. The molecule has 47 heavy (non-hydrogen) atoms. The normalized spacial score (nSPS) is 21.5. The molecule has 240 valence electrons. The molecule has 9 nitrogen and oxygen atoms in total. The lowest BCUT2D eigenvalue weighted by Gasteiger charge is -2.30. The lowest BCUT2D eigenvalue weighted by Crippen LogP contribution is -2.44. The van der Waals surface area contributed by atoms with E-state index in [4.69, 9.17) is 9.47 Å². The first-order chi connectivity index (χ1) is 22.9. The standard InChI is InChI=1S/C38H37N3O6/c1-26-21-30(22-35(43)39(19-20-42)23-27-9-3-2-4-10-27)47-38(26)31-11-5-6-12-32(31)40(37(38)45)24-28-15-17-29(18-16-28)41-33-13-7-8-14-34(33)46-25-36(41)44/h2-18,26,30,42H,19-25H2,1H3/t26-,30-,38+/m1/s1. The Morgan fingerprint density at radius 1 is 0.894 bits per heavy atom. The minimum Gasteiger partial charge on any atom is -0.482 e. The van der Waals surface area contributed by atoms with Crippen LogP contribution in [0.1, 0.15) is 36.5 Å². The zero-order valence-corrected chi connectivity index (χ0v) is 26.2. The summed E-state index contributed by atoms with van der Waals surface area (Å²) in [6.45, 7) is 2.80. The van der Waals surface area contributed by atoms with Crippen molar-refractivity contribution in [3.8, 4) is 5.75 Å². The quantitative estimate of drug-likeness (QED) is 0.269. The van der Waals surface area contributed by atoms with Gasteiger partial charge in [-0.05, 0) is 47.9 Å². The lowest BCUT2D eigenvalue weighted by molar-refractivity contribution is -0.150. The molecule has 4 aromatic rings. The predicted molar refractivity (Wildman–Crippen MR) is 177 cm³/mol. The third kappa shape index (κ3) is 5.55. The Balaban J connectivity index is 1.09. The molecule has 4 aromatic carbocycles. The molecular formula is C38H37N3O6. The molecule has 7 rings (SSSR count). The van der Waals surface area contributed by atoms with Gasteiger partial charge in [-0.15, -0.1) is 0 Å². The van der Waals surface area contributed by atoms with Gasteiger partial charge in [-0.3, -0.25) is 19.3 Å². The Morgan fingerprint density at radius 2 is 1.60 bits per heavy atom. The third-order valence-electron chi connectivity index (χ3n) is 9.40. The summed E-state index contributed by atoms with van der Waals surface area (Å²) in [4.78, 5) is 45.8. The maximum absolute atomic E-state index is 14.4. The van der Waals surface area contributed by atoms with E-state index in [1.165, 1.54) is 0 Å². The van der Waals surface area contributed by atoms with Crippen molar-refractivity contribution in [2.45, 2.75) is 44.6 Å². The number of carbonyl (C=O) groups is 3. The number of amides is 3. The van der Waals surface area contributed by atoms with Gasteiger partial charge in [0.15, 0.2) is 12.2 Å². The molecule has 1 saturated heterocycles. The monoisotopic (exact) mass is 631 g/mol. The van der Waals surface area contributed by atoms with Crippen molar-refractivity contribution in [3.63, 3.8) is 0 Å². The van der Waals surface area contributed by atoms with Crippen molar-refractivity contribution in [3.05, 3.63) is 120 Å². The van der Waals surface area contributed by atoms with E-state index >= 15 is 0 Å². The lowest BCUT2D eigenvalue weighted by atomic mass is 9.83. The molecule has 1 N–H and O–H groups in total. The molecule has 0 aromatic heterocycles. The summed E-state index contributed by atoms with van der Waals surface area (Å²) in [6, 6.07) is 32.5. The number of para-hydroxylation sites is 3. The number of rotatable bonds is 9. The molecule has 1 spiro atoms. The largest absolute Gasteiger partial charge is 0.482 e. The van der Waals surface area contributed by atoms with E-state index in [1.54, 1.807) is 14.7 Å². The van der Waals surface area contributed by atoms with Gasteiger partial charge in [0.25, 0.3) is 11.8 Å². The predicted octanol–water partition coefficient (Wildman–Crippen LogP) is 5.32. The van der Waals surface area contributed by atoms with Crippen LogP contribution < -0.4 is 14.5 Å². The number of nitrogens with zero attached hydrogens (tertiary/aromatic N) is 3. The van der Waals surface area contributed by atoms with Crippen molar-refractivity contribution in [1.82, 2.24) is 4.90 Å². The Hall–Kier alpha value is -4.99. The Kier molecular flexibility index (Phi) is 8.26. The molecule has 3 atom stereocenters. The average molecular weight is 632 g/mol. The molecular weight excluding hydrogens is 594 g/mol. The van der Waals surface area contributed by atoms with Crippen molar-refractivity contribution in [2.24, 2.45) is 5.92 Å². The molecule has 0 unspecified atom stereocenters. The highest BCUT2D eigenvalue weighted by Gasteiger charge is 2.60. The molecule has 0 radical (unpaired) electrons. The minimum atomic E-state index is -1.19. The molecule has 1 fully saturated rings. The van der Waals surface area contributed by atoms with Gasteiger partial charge in [-0.1, -0.05) is 79.7 Å². The Bertz CT molecular complexity index is 1790. The first-order valence-electron chi connectivity index (χ1n) is 16.0. The smallest absolute Gasteiger partial charge is 0.269 e. The van der Waals surface area contributed by atoms with E-state index in [-0.39, 0.29) is 49.8 Å². The summed E-state index contributed by atoms with van der Waals surface area (Å²) < 4.78 is 12.3. The van der Waals surface area contributed by atoms with Gasteiger partial charge in [-0.25, -0.2) is 0 Å². The number of hydrogen-bond donors (Lipinski definition) is 1. The summed E-state index contributed by atoms with van der Waals surface area (Å²) in [6.07, 6.45) is 0.237. The first-order valence-corrected chi connectivity index (χ1v) is 16.0. The van der Waals surface area contributed by atoms with E-state index in [1.807, 2.05) is 110 Å². The van der Waals surface area contributed by atoms with Gasteiger partial charge in [0, 0.05) is 30.3 Å². The second-order valence-corrected chi connectivity index (χ2v) is 12.4. The number of anilines is 3. The zero-order chi connectivity index (χ0) is 32.5. The topological polar surface area (TPSA) is 99.6 Å². The van der Waals surface area contributed by atoms with Crippen LogP contribution in [0.4, 0.5) is 17.1 Å². The van der Waals surface area contributed by atoms with Gasteiger partial charge in [0.1, 0.15) is 5.75 Å². The van der Waals surface area contributed by atoms with Crippen LogP contribution in [-0.4, -0.2) is 53.6 Å². The summed E-state index contributed by atoms with van der Waals surface area (Å²) in [5.41, 5.74) is 3.73. The minimum absolute atomic E-state index is 0.0306. The van der Waals surface area contributed by atoms with Gasteiger partial charge in [0.05, 0.1) is 37.1 Å². The number of aliphatic hydroxyl groups is 1. The van der Waals surface area contributed by atoms with Gasteiger partial charge >= 0.3 is 0 Å². The average Bonchev–Trinajstić information content (AvgIpc) is 3.54. The second-order valence-electron chi connectivity index (χ2n) is 12.4. The van der Waals surface area contributed by atoms with E-state index in [2.05, 4.69) is 0 Å². The third-order valence-corrected chi connectivity index (χ3v) is 9.40. The second kappa shape index (κ2) is 12.7. The fraction of sp³-hybridized carbons (Fsp3) is 0.289. The molecule has 3 amide bonds. The highest BCUT2D eigenvalue weighted by atomic mass is 16.5. The number of carbonyl (C=O) groups excluding carboxylic acids is 3. The van der Waals surface area contributed by atoms with Crippen LogP contribution >= 0.6 is 0 Å². The van der Waals surface area contributed by atoms with Crippen molar-refractivity contribution in [1.29, 1.82) is 0 Å². The number of benzene rings is 4. The maximum atomic E-state index is 14.4. The number of ether oxygens (including phenoxy) is 2. The molecule has 3 aliphatic heterocycles. The van der Waals surface area contributed by atoms with Crippen LogP contribution in [0.15, 0.2) is 103 Å². The number of aliphatic hydroxyl groups excluding tert-OH is 1. The van der Waals surface area contributed by atoms with E-state index < -0.39 is 11.7 Å². The van der Waals surface area contributed by atoms with Crippen LogP contribution in [0.25, 0.3) is 0 Å². The first kappa shape index (κ1) is 30.7. The summed E-state index contributed by atoms with van der Waals surface area (Å²) in [7, 11) is 0.